The number of nitrogens with zero attached hydrogens (tertiary/aromatic N) is 4. The van der Waals surface area contributed by atoms with Gasteiger partial charge in [-0.1, -0.05) is 6.07 Å². The van der Waals surface area contributed by atoms with Crippen molar-refractivity contribution in [1.82, 2.24) is 30.0 Å². The highest BCUT2D eigenvalue weighted by Gasteiger charge is 2.29. The summed E-state index contributed by atoms with van der Waals surface area (Å²) in [6.07, 6.45) is 10.7. The third-order valence-corrected chi connectivity index (χ3v) is 7.55. The maximum atomic E-state index is 13.3. The zero-order chi connectivity index (χ0) is 24.1. The smallest absolute Gasteiger partial charge is 0.257 e. The number of carbonyl (C=O) groups excluding carboxylic acids is 1. The Bertz CT molecular complexity index is 1410. The molecule has 2 aliphatic heterocycles. The van der Waals surface area contributed by atoms with Gasteiger partial charge in [-0.15, -0.1) is 0 Å². The molecule has 2 N–H and O–H groups in total. The van der Waals surface area contributed by atoms with E-state index in [1.54, 1.807) is 6.20 Å². The number of hydrogen-bond acceptors (Lipinski definition) is 4. The van der Waals surface area contributed by atoms with Crippen molar-refractivity contribution in [3.8, 4) is 11.1 Å². The fourth-order valence-corrected chi connectivity index (χ4v) is 5.50. The molecule has 1 saturated heterocycles. The minimum atomic E-state index is 0.0644. The first-order chi connectivity index (χ1) is 17.0. The Labute approximate surface area is 205 Å². The molecular formula is C28H32N6O. The highest BCUT2D eigenvalue weighted by Crippen LogP contribution is 2.36. The van der Waals surface area contributed by atoms with Crippen LogP contribution in [0.25, 0.3) is 22.2 Å². The number of amides is 1. The lowest BCUT2D eigenvalue weighted by atomic mass is 9.87. The van der Waals surface area contributed by atoms with E-state index >= 15 is 0 Å². The van der Waals surface area contributed by atoms with Crippen LogP contribution in [0.2, 0.25) is 0 Å². The summed E-state index contributed by atoms with van der Waals surface area (Å²) >= 11 is 0. The van der Waals surface area contributed by atoms with E-state index < -0.39 is 0 Å². The van der Waals surface area contributed by atoms with Gasteiger partial charge in [0, 0.05) is 54.7 Å². The van der Waals surface area contributed by atoms with Crippen molar-refractivity contribution in [2.45, 2.75) is 58.7 Å². The van der Waals surface area contributed by atoms with Crippen molar-refractivity contribution in [3.05, 3.63) is 70.8 Å². The maximum Gasteiger partial charge on any atom is 0.257 e. The number of pyridine rings is 1. The van der Waals surface area contributed by atoms with Gasteiger partial charge in [-0.2, -0.15) is 5.10 Å². The van der Waals surface area contributed by atoms with Gasteiger partial charge in [0.15, 0.2) is 0 Å². The van der Waals surface area contributed by atoms with Crippen LogP contribution in [0.15, 0.2) is 43.0 Å². The van der Waals surface area contributed by atoms with Crippen molar-refractivity contribution in [2.75, 3.05) is 13.1 Å². The molecular weight excluding hydrogens is 436 g/mol. The largest absolute Gasteiger partial charge is 0.346 e. The minimum absolute atomic E-state index is 0.0644. The van der Waals surface area contributed by atoms with E-state index in [-0.39, 0.29) is 11.9 Å². The number of carbonyl (C=O) groups is 1. The molecule has 0 spiro atoms. The van der Waals surface area contributed by atoms with Crippen LogP contribution in [0.4, 0.5) is 0 Å². The van der Waals surface area contributed by atoms with Gasteiger partial charge < -0.3 is 15.2 Å². The molecule has 6 rings (SSSR count). The summed E-state index contributed by atoms with van der Waals surface area (Å²) in [5.41, 5.74) is 9.13. The third kappa shape index (κ3) is 3.93. The van der Waals surface area contributed by atoms with Gasteiger partial charge in [-0.05, 0) is 86.5 Å². The second-order valence-electron chi connectivity index (χ2n) is 10.2. The van der Waals surface area contributed by atoms with Gasteiger partial charge in [0.1, 0.15) is 5.65 Å². The van der Waals surface area contributed by atoms with Gasteiger partial charge >= 0.3 is 0 Å². The van der Waals surface area contributed by atoms with Crippen LogP contribution < -0.4 is 5.32 Å². The fourth-order valence-electron chi connectivity index (χ4n) is 5.50. The molecule has 7 nitrogen and oxygen atoms in total. The van der Waals surface area contributed by atoms with E-state index in [4.69, 9.17) is 0 Å². The zero-order valence-corrected chi connectivity index (χ0v) is 20.6. The molecule has 35 heavy (non-hydrogen) atoms. The van der Waals surface area contributed by atoms with Crippen LogP contribution in [0.1, 0.15) is 71.4 Å². The Hall–Kier alpha value is -3.45. The molecule has 5 heterocycles. The zero-order valence-electron chi connectivity index (χ0n) is 20.6. The SMILES string of the molecule is Cc1c[nH]c2ncc(-c3cc4c(c(C5CCCN5)c3)CN(C(=O)c3cnn(C(C)C)c3)CC4)cc12. The molecule has 180 valence electrons. The van der Waals surface area contributed by atoms with Crippen LogP contribution in [0.3, 0.4) is 0 Å². The first-order valence-corrected chi connectivity index (χ1v) is 12.6. The number of aryl methyl sites for hydroxylation is 1. The summed E-state index contributed by atoms with van der Waals surface area (Å²) in [7, 11) is 0. The second kappa shape index (κ2) is 8.64. The maximum absolute atomic E-state index is 13.3. The van der Waals surface area contributed by atoms with Crippen LogP contribution in [-0.2, 0) is 13.0 Å². The standard InChI is InChI=1S/C28H32N6O/c1-17(2)34-15-22(14-32-34)28(35)33-8-6-19-9-20(10-24(25(19)16-33)26-5-4-7-29-26)21-11-23-18(3)12-30-27(23)31-13-21/h9-15,17,26,29H,4-8,16H2,1-3H3,(H,30,31). The topological polar surface area (TPSA) is 78.8 Å². The summed E-state index contributed by atoms with van der Waals surface area (Å²) in [6.45, 7) is 8.65. The summed E-state index contributed by atoms with van der Waals surface area (Å²) in [5.74, 6) is 0.0644. The van der Waals surface area contributed by atoms with Gasteiger partial charge in [0.05, 0.1) is 11.8 Å². The van der Waals surface area contributed by atoms with E-state index in [1.165, 1.54) is 39.6 Å². The van der Waals surface area contributed by atoms with Crippen molar-refractivity contribution >= 4 is 16.9 Å². The molecule has 1 fully saturated rings. The number of H-pyrrole nitrogens is 1. The number of aromatic nitrogens is 4. The Morgan fingerprint density at radius 3 is 2.83 bits per heavy atom. The summed E-state index contributed by atoms with van der Waals surface area (Å²) in [4.78, 5) is 23.2. The molecule has 1 aromatic carbocycles. The minimum Gasteiger partial charge on any atom is -0.346 e. The average Bonchev–Trinajstić information content (AvgIpc) is 3.64. The predicted molar refractivity (Wildman–Crippen MR) is 137 cm³/mol. The average molecular weight is 469 g/mol. The van der Waals surface area contributed by atoms with Gasteiger partial charge in [0.25, 0.3) is 5.91 Å². The second-order valence-corrected chi connectivity index (χ2v) is 10.2. The lowest BCUT2D eigenvalue weighted by Crippen LogP contribution is -2.37. The Morgan fingerprint density at radius 2 is 2.06 bits per heavy atom. The van der Waals surface area contributed by atoms with Gasteiger partial charge in [0.2, 0.25) is 0 Å². The molecule has 0 aliphatic carbocycles. The van der Waals surface area contributed by atoms with Gasteiger partial charge in [-0.3, -0.25) is 9.48 Å². The summed E-state index contributed by atoms with van der Waals surface area (Å²) in [5, 5.41) is 9.23. The molecule has 4 aromatic rings. The number of fused-ring (bicyclic) bond motifs is 2. The predicted octanol–water partition coefficient (Wildman–Crippen LogP) is 4.94. The van der Waals surface area contributed by atoms with Crippen LogP contribution in [0.5, 0.6) is 0 Å². The van der Waals surface area contributed by atoms with Gasteiger partial charge in [-0.25, -0.2) is 4.98 Å². The normalized spacial score (nSPS) is 17.9. The molecule has 0 radical (unpaired) electrons. The highest BCUT2D eigenvalue weighted by molar-refractivity contribution is 5.94. The Kier molecular flexibility index (Phi) is 5.44. The lowest BCUT2D eigenvalue weighted by molar-refractivity contribution is 0.0734. The molecule has 1 unspecified atom stereocenters. The third-order valence-electron chi connectivity index (χ3n) is 7.55. The monoisotopic (exact) mass is 468 g/mol. The molecule has 2 aliphatic rings. The fraction of sp³-hybridized carbons (Fsp3) is 0.393. The van der Waals surface area contributed by atoms with E-state index in [9.17, 15) is 4.79 Å². The number of rotatable bonds is 4. The molecule has 0 bridgehead atoms. The molecule has 3 aromatic heterocycles. The summed E-state index contributed by atoms with van der Waals surface area (Å²) in [6, 6.07) is 7.45. The van der Waals surface area contributed by atoms with Crippen molar-refractivity contribution < 1.29 is 4.79 Å². The summed E-state index contributed by atoms with van der Waals surface area (Å²) < 4.78 is 1.85. The molecule has 1 atom stereocenters. The Morgan fingerprint density at radius 1 is 1.17 bits per heavy atom. The molecule has 7 heteroatoms. The van der Waals surface area contributed by atoms with Crippen LogP contribution >= 0.6 is 0 Å². The number of aromatic amines is 1. The van der Waals surface area contributed by atoms with Crippen molar-refractivity contribution in [1.29, 1.82) is 0 Å². The lowest BCUT2D eigenvalue weighted by Gasteiger charge is -2.32. The van der Waals surface area contributed by atoms with E-state index in [0.29, 0.717) is 24.7 Å². The highest BCUT2D eigenvalue weighted by atomic mass is 16.2. The molecule has 1 amide bonds. The number of benzene rings is 1. The first-order valence-electron chi connectivity index (χ1n) is 12.6. The number of hydrogen-bond donors (Lipinski definition) is 2. The quantitative estimate of drug-likeness (QED) is 0.445. The van der Waals surface area contributed by atoms with E-state index in [0.717, 1.165) is 30.6 Å². The van der Waals surface area contributed by atoms with Crippen molar-refractivity contribution in [2.24, 2.45) is 0 Å². The first kappa shape index (κ1) is 22.0. The van der Waals surface area contributed by atoms with E-state index in [1.807, 2.05) is 28.2 Å². The van der Waals surface area contributed by atoms with Crippen LogP contribution in [-0.4, -0.2) is 43.6 Å². The Balaban J connectivity index is 1.37. The van der Waals surface area contributed by atoms with E-state index in [2.05, 4.69) is 59.4 Å². The molecule has 0 saturated carbocycles. The number of nitrogens with one attached hydrogen (secondary N) is 2. The van der Waals surface area contributed by atoms with Crippen LogP contribution in [0, 0.1) is 6.92 Å². The van der Waals surface area contributed by atoms with Crippen molar-refractivity contribution in [3.63, 3.8) is 0 Å².